The number of furan rings is 1. The van der Waals surface area contributed by atoms with Gasteiger partial charge >= 0.3 is 0 Å². The summed E-state index contributed by atoms with van der Waals surface area (Å²) in [6.07, 6.45) is 0.976. The number of hydrogen-bond donors (Lipinski definition) is 1. The lowest BCUT2D eigenvalue weighted by Gasteiger charge is -2.41. The van der Waals surface area contributed by atoms with E-state index in [1.165, 1.54) is 5.56 Å². The lowest BCUT2D eigenvalue weighted by Crippen LogP contribution is -2.55. The highest BCUT2D eigenvalue weighted by atomic mass is 79.9. The monoisotopic (exact) mass is 433 g/mol. The number of benzene rings is 1. The van der Waals surface area contributed by atoms with Gasteiger partial charge in [-0.2, -0.15) is 0 Å². The maximum Gasteiger partial charge on any atom is 0.287 e. The fourth-order valence-electron chi connectivity index (χ4n) is 3.32. The van der Waals surface area contributed by atoms with E-state index in [9.17, 15) is 9.59 Å². The molecule has 1 atom stereocenters. The molecule has 7 heteroatoms. The van der Waals surface area contributed by atoms with Crippen LogP contribution in [0.1, 0.15) is 29.5 Å². The lowest BCUT2D eigenvalue weighted by atomic mass is 10.1. The third kappa shape index (κ3) is 5.20. The first kappa shape index (κ1) is 19.6. The molecule has 1 aromatic carbocycles. The van der Waals surface area contributed by atoms with E-state index in [0.29, 0.717) is 23.8 Å². The number of nitrogens with one attached hydrogen (secondary N) is 1. The number of carbonyl (C=O) groups excluding carboxylic acids is 2. The Morgan fingerprint density at radius 2 is 1.96 bits per heavy atom. The second-order valence-corrected chi connectivity index (χ2v) is 7.43. The summed E-state index contributed by atoms with van der Waals surface area (Å²) in [4.78, 5) is 28.8. The minimum Gasteiger partial charge on any atom is -0.444 e. The van der Waals surface area contributed by atoms with Gasteiger partial charge in [0, 0.05) is 32.2 Å². The second kappa shape index (κ2) is 9.19. The highest BCUT2D eigenvalue weighted by Gasteiger charge is 2.28. The van der Waals surface area contributed by atoms with Crippen LogP contribution in [0.3, 0.4) is 0 Å². The van der Waals surface area contributed by atoms with Gasteiger partial charge in [-0.15, -0.1) is 0 Å². The molecule has 0 bridgehead atoms. The highest BCUT2D eigenvalue weighted by Crippen LogP contribution is 2.17. The first-order valence-electron chi connectivity index (χ1n) is 9.16. The molecule has 27 heavy (non-hydrogen) atoms. The molecule has 1 aliphatic rings. The summed E-state index contributed by atoms with van der Waals surface area (Å²) in [5, 5.41) is 2.63. The topological polar surface area (TPSA) is 65.8 Å². The highest BCUT2D eigenvalue weighted by molar-refractivity contribution is 9.10. The van der Waals surface area contributed by atoms with E-state index in [1.54, 1.807) is 12.1 Å². The molecule has 1 fully saturated rings. The summed E-state index contributed by atoms with van der Waals surface area (Å²) in [6.45, 7) is 5.21. The molecular formula is C20H24BrN3O3. The minimum absolute atomic E-state index is 0.0216. The number of rotatable bonds is 6. The number of amides is 2. The quantitative estimate of drug-likeness (QED) is 0.760. The van der Waals surface area contributed by atoms with Gasteiger partial charge in [0.1, 0.15) is 0 Å². The Hall–Kier alpha value is -2.12. The van der Waals surface area contributed by atoms with Crippen molar-refractivity contribution in [1.29, 1.82) is 0 Å². The minimum atomic E-state index is -0.385. The first-order chi connectivity index (χ1) is 13.1. The molecule has 1 aliphatic heterocycles. The van der Waals surface area contributed by atoms with Crippen molar-refractivity contribution in [1.82, 2.24) is 15.1 Å². The van der Waals surface area contributed by atoms with Crippen molar-refractivity contribution in [3.63, 3.8) is 0 Å². The summed E-state index contributed by atoms with van der Waals surface area (Å²) in [7, 11) is 0. The van der Waals surface area contributed by atoms with Gasteiger partial charge in [-0.25, -0.2) is 0 Å². The molecule has 2 heterocycles. The van der Waals surface area contributed by atoms with Crippen molar-refractivity contribution in [2.24, 2.45) is 0 Å². The van der Waals surface area contributed by atoms with Crippen LogP contribution in [0.25, 0.3) is 0 Å². The summed E-state index contributed by atoms with van der Waals surface area (Å²) >= 11 is 3.16. The maximum absolute atomic E-state index is 12.5. The fraction of sp³-hybridized carbons (Fsp3) is 0.400. The van der Waals surface area contributed by atoms with Crippen LogP contribution < -0.4 is 5.32 Å². The Bertz CT molecular complexity index is 778. The van der Waals surface area contributed by atoms with Gasteiger partial charge in [0.05, 0.1) is 6.54 Å². The van der Waals surface area contributed by atoms with Crippen molar-refractivity contribution in [3.05, 3.63) is 58.5 Å². The Kier molecular flexibility index (Phi) is 6.68. The molecule has 2 amide bonds. The fourth-order valence-corrected chi connectivity index (χ4v) is 3.63. The smallest absolute Gasteiger partial charge is 0.287 e. The van der Waals surface area contributed by atoms with Crippen LogP contribution in [-0.2, 0) is 11.3 Å². The predicted octanol–water partition coefficient (Wildman–Crippen LogP) is 2.89. The molecule has 144 valence electrons. The third-order valence-corrected chi connectivity index (χ3v) is 5.28. The molecule has 2 aromatic rings. The van der Waals surface area contributed by atoms with Gasteiger partial charge < -0.3 is 14.6 Å². The van der Waals surface area contributed by atoms with E-state index in [-0.39, 0.29) is 24.1 Å². The lowest BCUT2D eigenvalue weighted by molar-refractivity contribution is -0.133. The predicted molar refractivity (Wildman–Crippen MR) is 106 cm³/mol. The molecule has 1 N–H and O–H groups in total. The standard InChI is InChI=1S/C20H24BrN3O3/c1-2-16-14-24(11-10-23(16)13-15-6-4-3-5-7-15)19(25)12-22-20(26)17-8-9-18(21)27-17/h3-9,16H,2,10-14H2,1H3,(H,22,26)/t16-/m0/s1. The van der Waals surface area contributed by atoms with E-state index >= 15 is 0 Å². The van der Waals surface area contributed by atoms with Crippen LogP contribution >= 0.6 is 15.9 Å². The van der Waals surface area contributed by atoms with Crippen molar-refractivity contribution < 1.29 is 14.0 Å². The number of nitrogens with zero attached hydrogens (tertiary/aromatic N) is 2. The van der Waals surface area contributed by atoms with Crippen molar-refractivity contribution in [3.8, 4) is 0 Å². The summed E-state index contributed by atoms with van der Waals surface area (Å²) in [5.74, 6) is -0.260. The summed E-state index contributed by atoms with van der Waals surface area (Å²) in [6, 6.07) is 13.9. The van der Waals surface area contributed by atoms with E-state index < -0.39 is 0 Å². The van der Waals surface area contributed by atoms with Gasteiger partial charge in [-0.1, -0.05) is 37.3 Å². The Labute approximate surface area is 167 Å². The van der Waals surface area contributed by atoms with Gasteiger partial charge in [0.15, 0.2) is 10.4 Å². The van der Waals surface area contributed by atoms with Crippen molar-refractivity contribution in [2.45, 2.75) is 25.9 Å². The van der Waals surface area contributed by atoms with Gasteiger partial charge in [-0.05, 0) is 40.0 Å². The Balaban J connectivity index is 1.51. The van der Waals surface area contributed by atoms with Crippen LogP contribution in [0, 0.1) is 0 Å². The number of piperazine rings is 1. The van der Waals surface area contributed by atoms with Gasteiger partial charge in [0.2, 0.25) is 5.91 Å². The average molecular weight is 434 g/mol. The van der Waals surface area contributed by atoms with Crippen molar-refractivity contribution in [2.75, 3.05) is 26.2 Å². The number of hydrogen-bond acceptors (Lipinski definition) is 4. The largest absolute Gasteiger partial charge is 0.444 e. The van der Waals surface area contributed by atoms with E-state index in [2.05, 4.69) is 57.3 Å². The maximum atomic E-state index is 12.5. The molecule has 0 saturated carbocycles. The molecule has 0 aliphatic carbocycles. The van der Waals surface area contributed by atoms with Crippen LogP contribution in [0.4, 0.5) is 0 Å². The first-order valence-corrected chi connectivity index (χ1v) is 9.95. The summed E-state index contributed by atoms with van der Waals surface area (Å²) < 4.78 is 5.69. The molecule has 0 spiro atoms. The number of carbonyl (C=O) groups is 2. The molecule has 1 saturated heterocycles. The van der Waals surface area contributed by atoms with Gasteiger partial charge in [-0.3, -0.25) is 14.5 Å². The van der Waals surface area contributed by atoms with Crippen LogP contribution in [-0.4, -0.2) is 53.8 Å². The van der Waals surface area contributed by atoms with Crippen LogP contribution in [0.15, 0.2) is 51.6 Å². The Morgan fingerprint density at radius 1 is 1.19 bits per heavy atom. The van der Waals surface area contributed by atoms with Gasteiger partial charge in [0.25, 0.3) is 5.91 Å². The zero-order valence-corrected chi connectivity index (χ0v) is 16.9. The molecule has 0 unspecified atom stereocenters. The zero-order chi connectivity index (χ0) is 19.2. The SMILES string of the molecule is CC[C@H]1CN(C(=O)CNC(=O)c2ccc(Br)o2)CCN1Cc1ccccc1. The molecule has 3 rings (SSSR count). The normalized spacial score (nSPS) is 17.7. The van der Waals surface area contributed by atoms with Crippen LogP contribution in [0.2, 0.25) is 0 Å². The average Bonchev–Trinajstić information content (AvgIpc) is 3.13. The third-order valence-electron chi connectivity index (χ3n) is 4.85. The second-order valence-electron chi connectivity index (χ2n) is 6.64. The summed E-state index contributed by atoms with van der Waals surface area (Å²) in [5.41, 5.74) is 1.28. The van der Waals surface area contributed by atoms with Crippen molar-refractivity contribution >= 4 is 27.7 Å². The van der Waals surface area contributed by atoms with E-state index in [0.717, 1.165) is 19.5 Å². The van der Waals surface area contributed by atoms with E-state index in [4.69, 9.17) is 4.42 Å². The molecule has 0 radical (unpaired) electrons. The van der Waals surface area contributed by atoms with E-state index in [1.807, 2.05) is 11.0 Å². The van der Waals surface area contributed by atoms with Crippen LogP contribution in [0.5, 0.6) is 0 Å². The number of halogens is 1. The molecule has 1 aromatic heterocycles. The molecule has 6 nitrogen and oxygen atoms in total. The molecular weight excluding hydrogens is 410 g/mol. The Morgan fingerprint density at radius 3 is 2.63 bits per heavy atom. The zero-order valence-electron chi connectivity index (χ0n) is 15.4.